The Balaban J connectivity index is 2.29. The van der Waals surface area contributed by atoms with Crippen molar-refractivity contribution in [1.82, 2.24) is 10.2 Å². The molecule has 0 aliphatic carbocycles. The largest absolute Gasteiger partial charge is 0.381 e. The first-order chi connectivity index (χ1) is 8.77. The normalized spacial score (nSPS) is 19.3. The number of nitrogens with one attached hydrogen (secondary N) is 1. The van der Waals surface area contributed by atoms with Crippen LogP contribution in [0, 0.1) is 5.92 Å². The highest BCUT2D eigenvalue weighted by atomic mass is 16.5. The molecule has 3 heteroatoms. The van der Waals surface area contributed by atoms with E-state index in [-0.39, 0.29) is 0 Å². The predicted molar refractivity (Wildman–Crippen MR) is 78.0 cm³/mol. The molecule has 18 heavy (non-hydrogen) atoms. The quantitative estimate of drug-likeness (QED) is 0.642. The van der Waals surface area contributed by atoms with Gasteiger partial charge in [0, 0.05) is 32.3 Å². The minimum atomic E-state index is 0.699. The van der Waals surface area contributed by atoms with Crippen LogP contribution in [0.25, 0.3) is 0 Å². The van der Waals surface area contributed by atoms with Crippen LogP contribution in [0.5, 0.6) is 0 Å². The summed E-state index contributed by atoms with van der Waals surface area (Å²) in [5.41, 5.74) is 0. The van der Waals surface area contributed by atoms with Crippen molar-refractivity contribution in [3.63, 3.8) is 0 Å². The summed E-state index contributed by atoms with van der Waals surface area (Å²) in [5.74, 6) is 0.842. The van der Waals surface area contributed by atoms with Gasteiger partial charge in [0.15, 0.2) is 0 Å². The van der Waals surface area contributed by atoms with Crippen LogP contribution in [-0.2, 0) is 4.74 Å². The molecule has 1 aliphatic rings. The van der Waals surface area contributed by atoms with Crippen LogP contribution in [0.15, 0.2) is 0 Å². The van der Waals surface area contributed by atoms with Crippen molar-refractivity contribution in [2.75, 3.05) is 39.9 Å². The topological polar surface area (TPSA) is 24.5 Å². The molecule has 1 N–H and O–H groups in total. The molecule has 1 unspecified atom stereocenters. The molecular formula is C15H32N2O. The van der Waals surface area contributed by atoms with Gasteiger partial charge in [0.25, 0.3) is 0 Å². The van der Waals surface area contributed by atoms with E-state index in [9.17, 15) is 0 Å². The molecule has 0 aromatic heterocycles. The Bertz CT molecular complexity index is 193. The Hall–Kier alpha value is -0.120. The van der Waals surface area contributed by atoms with Crippen molar-refractivity contribution in [3.05, 3.63) is 0 Å². The van der Waals surface area contributed by atoms with Gasteiger partial charge in [0.1, 0.15) is 0 Å². The van der Waals surface area contributed by atoms with Crippen molar-refractivity contribution in [2.24, 2.45) is 5.92 Å². The third-order valence-electron chi connectivity index (χ3n) is 3.94. The molecule has 1 heterocycles. The first kappa shape index (κ1) is 15.9. The number of ether oxygens (including phenoxy) is 1. The molecular weight excluding hydrogens is 224 g/mol. The van der Waals surface area contributed by atoms with Gasteiger partial charge in [0.05, 0.1) is 0 Å². The summed E-state index contributed by atoms with van der Waals surface area (Å²) < 4.78 is 5.44. The minimum absolute atomic E-state index is 0.699. The monoisotopic (exact) mass is 256 g/mol. The molecule has 0 spiro atoms. The molecule has 1 fully saturated rings. The second-order valence-electron chi connectivity index (χ2n) is 5.64. The van der Waals surface area contributed by atoms with Gasteiger partial charge in [-0.25, -0.2) is 0 Å². The Labute approximate surface area is 113 Å². The Morgan fingerprint density at radius 1 is 1.22 bits per heavy atom. The average molecular weight is 256 g/mol. The highest BCUT2D eigenvalue weighted by Gasteiger charge is 2.20. The third kappa shape index (κ3) is 6.17. The van der Waals surface area contributed by atoms with Crippen LogP contribution >= 0.6 is 0 Å². The summed E-state index contributed by atoms with van der Waals surface area (Å²) in [4.78, 5) is 2.57. The molecule has 0 radical (unpaired) electrons. The molecule has 0 bridgehead atoms. The van der Waals surface area contributed by atoms with Crippen LogP contribution in [-0.4, -0.2) is 50.8 Å². The molecule has 1 rings (SSSR count). The molecule has 0 amide bonds. The van der Waals surface area contributed by atoms with Gasteiger partial charge in [-0.2, -0.15) is 0 Å². The fourth-order valence-electron chi connectivity index (χ4n) is 2.74. The van der Waals surface area contributed by atoms with E-state index >= 15 is 0 Å². The van der Waals surface area contributed by atoms with Crippen LogP contribution < -0.4 is 5.32 Å². The van der Waals surface area contributed by atoms with E-state index in [2.05, 4.69) is 31.1 Å². The van der Waals surface area contributed by atoms with Crippen LogP contribution in [0.4, 0.5) is 0 Å². The van der Waals surface area contributed by atoms with Crippen LogP contribution in [0.2, 0.25) is 0 Å². The van der Waals surface area contributed by atoms with Crippen molar-refractivity contribution < 1.29 is 4.74 Å². The van der Waals surface area contributed by atoms with E-state index in [4.69, 9.17) is 4.74 Å². The first-order valence-corrected chi connectivity index (χ1v) is 7.76. The summed E-state index contributed by atoms with van der Waals surface area (Å²) in [5, 5.41) is 3.57. The molecule has 1 atom stereocenters. The molecule has 108 valence electrons. The maximum Gasteiger partial charge on any atom is 0.0469 e. The standard InChI is InChI=1S/C15H32N2O/c1-4-6-15(12-16-9-5-2)17(3)13-14-7-10-18-11-8-14/h14-16H,4-13H2,1-3H3. The molecule has 0 aromatic rings. The number of rotatable bonds is 9. The zero-order valence-electron chi connectivity index (χ0n) is 12.6. The maximum absolute atomic E-state index is 5.44. The van der Waals surface area contributed by atoms with Gasteiger partial charge < -0.3 is 15.0 Å². The van der Waals surface area contributed by atoms with Crippen LogP contribution in [0.1, 0.15) is 46.0 Å². The molecule has 1 aliphatic heterocycles. The highest BCUT2D eigenvalue weighted by Crippen LogP contribution is 2.17. The fourth-order valence-corrected chi connectivity index (χ4v) is 2.74. The van der Waals surface area contributed by atoms with E-state index in [1.54, 1.807) is 0 Å². The lowest BCUT2D eigenvalue weighted by atomic mass is 9.98. The van der Waals surface area contributed by atoms with Crippen molar-refractivity contribution in [1.29, 1.82) is 0 Å². The first-order valence-electron chi connectivity index (χ1n) is 7.76. The van der Waals surface area contributed by atoms with E-state index < -0.39 is 0 Å². The van der Waals surface area contributed by atoms with E-state index in [0.717, 1.165) is 32.2 Å². The summed E-state index contributed by atoms with van der Waals surface area (Å²) in [7, 11) is 2.30. The van der Waals surface area contributed by atoms with Gasteiger partial charge in [-0.05, 0) is 45.2 Å². The van der Waals surface area contributed by atoms with Gasteiger partial charge in [0.2, 0.25) is 0 Å². The second kappa shape index (κ2) is 9.76. The van der Waals surface area contributed by atoms with Gasteiger partial charge in [-0.1, -0.05) is 20.3 Å². The molecule has 3 nitrogen and oxygen atoms in total. The lowest BCUT2D eigenvalue weighted by Gasteiger charge is -2.33. The lowest BCUT2D eigenvalue weighted by Crippen LogP contribution is -2.43. The Morgan fingerprint density at radius 2 is 1.94 bits per heavy atom. The Kier molecular flexibility index (Phi) is 8.64. The summed E-state index contributed by atoms with van der Waals surface area (Å²) in [6, 6.07) is 0.699. The van der Waals surface area contributed by atoms with Crippen molar-refractivity contribution in [2.45, 2.75) is 52.0 Å². The smallest absolute Gasteiger partial charge is 0.0469 e. The van der Waals surface area contributed by atoms with Crippen molar-refractivity contribution in [3.8, 4) is 0 Å². The van der Waals surface area contributed by atoms with E-state index in [0.29, 0.717) is 6.04 Å². The zero-order valence-corrected chi connectivity index (χ0v) is 12.6. The van der Waals surface area contributed by atoms with Gasteiger partial charge in [-0.3, -0.25) is 0 Å². The summed E-state index contributed by atoms with van der Waals surface area (Å²) in [6.45, 7) is 9.97. The zero-order chi connectivity index (χ0) is 13.2. The molecule has 1 saturated heterocycles. The van der Waals surface area contributed by atoms with Gasteiger partial charge in [-0.15, -0.1) is 0 Å². The maximum atomic E-state index is 5.44. The second-order valence-corrected chi connectivity index (χ2v) is 5.64. The van der Waals surface area contributed by atoms with E-state index in [1.807, 2.05) is 0 Å². The third-order valence-corrected chi connectivity index (χ3v) is 3.94. The number of likely N-dealkylation sites (N-methyl/N-ethyl adjacent to an activating group) is 1. The van der Waals surface area contributed by atoms with Gasteiger partial charge >= 0.3 is 0 Å². The fraction of sp³-hybridized carbons (Fsp3) is 1.00. The SMILES string of the molecule is CCCNCC(CCC)N(C)CC1CCOCC1. The molecule has 0 aromatic carbocycles. The van der Waals surface area contributed by atoms with Crippen molar-refractivity contribution >= 4 is 0 Å². The van der Waals surface area contributed by atoms with Crippen LogP contribution in [0.3, 0.4) is 0 Å². The highest BCUT2D eigenvalue weighted by molar-refractivity contribution is 4.75. The summed E-state index contributed by atoms with van der Waals surface area (Å²) >= 11 is 0. The molecule has 0 saturated carbocycles. The summed E-state index contributed by atoms with van der Waals surface area (Å²) in [6.07, 6.45) is 6.28. The predicted octanol–water partition coefficient (Wildman–Crippen LogP) is 2.51. The number of hydrogen-bond acceptors (Lipinski definition) is 3. The number of hydrogen-bond donors (Lipinski definition) is 1. The van der Waals surface area contributed by atoms with E-state index in [1.165, 1.54) is 38.6 Å². The minimum Gasteiger partial charge on any atom is -0.381 e. The Morgan fingerprint density at radius 3 is 2.56 bits per heavy atom. The lowest BCUT2D eigenvalue weighted by molar-refractivity contribution is 0.0496. The average Bonchev–Trinajstić information content (AvgIpc) is 2.39. The number of nitrogens with zero attached hydrogens (tertiary/aromatic N) is 1.